The molecule has 1 aromatic rings. The van der Waals surface area contributed by atoms with Gasteiger partial charge < -0.3 is 4.74 Å². The Bertz CT molecular complexity index is 347. The van der Waals surface area contributed by atoms with E-state index in [1.165, 1.54) is 0 Å². The van der Waals surface area contributed by atoms with Crippen molar-refractivity contribution in [1.82, 2.24) is 5.43 Å². The summed E-state index contributed by atoms with van der Waals surface area (Å²) in [7, 11) is 0. The monoisotopic (exact) mass is 306 g/mol. The smallest absolute Gasteiger partial charge is 0.0708 e. The molecule has 0 saturated carbocycles. The van der Waals surface area contributed by atoms with Gasteiger partial charge in [0.1, 0.15) is 0 Å². The third-order valence-electron chi connectivity index (χ3n) is 2.14. The van der Waals surface area contributed by atoms with Gasteiger partial charge in [-0.15, -0.1) is 0 Å². The molecule has 0 aliphatic carbocycles. The van der Waals surface area contributed by atoms with Crippen LogP contribution < -0.4 is 11.3 Å². The van der Waals surface area contributed by atoms with Gasteiger partial charge in [0, 0.05) is 9.50 Å². The number of nitrogens with one attached hydrogen (secondary N) is 1. The zero-order valence-corrected chi connectivity index (χ0v) is 11.7. The summed E-state index contributed by atoms with van der Waals surface area (Å²) in [5, 5.41) is 0.671. The Hall–Kier alpha value is -0.130. The molecule has 0 bridgehead atoms. The number of hydrogen-bond acceptors (Lipinski definition) is 3. The number of nitrogens with two attached hydrogens (primary N) is 1. The summed E-state index contributed by atoms with van der Waals surface area (Å²) in [6, 6.07) is 5.61. The van der Waals surface area contributed by atoms with Crippen LogP contribution in [0.4, 0.5) is 0 Å². The first-order valence-corrected chi connectivity index (χ1v) is 6.24. The van der Waals surface area contributed by atoms with Crippen molar-refractivity contribution in [3.63, 3.8) is 0 Å². The zero-order valence-electron chi connectivity index (χ0n) is 9.34. The van der Waals surface area contributed by atoms with Gasteiger partial charge >= 0.3 is 0 Å². The molecular weight excluding hydrogens is 291 g/mol. The van der Waals surface area contributed by atoms with Crippen LogP contribution in [0.3, 0.4) is 0 Å². The van der Waals surface area contributed by atoms with Gasteiger partial charge in [0.15, 0.2) is 0 Å². The minimum absolute atomic E-state index is 0.0944. The average molecular weight is 308 g/mol. The Morgan fingerprint density at radius 1 is 1.50 bits per heavy atom. The van der Waals surface area contributed by atoms with Crippen LogP contribution in [0.25, 0.3) is 0 Å². The Morgan fingerprint density at radius 3 is 2.69 bits per heavy atom. The van der Waals surface area contributed by atoms with Crippen LogP contribution in [0.1, 0.15) is 25.5 Å². The fourth-order valence-electron chi connectivity index (χ4n) is 1.30. The fourth-order valence-corrected chi connectivity index (χ4v) is 2.11. The molecule has 0 fully saturated rings. The van der Waals surface area contributed by atoms with Crippen LogP contribution >= 0.6 is 27.5 Å². The van der Waals surface area contributed by atoms with Crippen molar-refractivity contribution in [2.75, 3.05) is 6.61 Å². The second-order valence-corrected chi connectivity index (χ2v) is 5.09. The number of rotatable bonds is 5. The van der Waals surface area contributed by atoms with Gasteiger partial charge in [-0.1, -0.05) is 33.6 Å². The maximum absolute atomic E-state index is 6.14. The summed E-state index contributed by atoms with van der Waals surface area (Å²) in [4.78, 5) is 0. The van der Waals surface area contributed by atoms with Gasteiger partial charge in [0.05, 0.1) is 18.8 Å². The second kappa shape index (κ2) is 6.57. The van der Waals surface area contributed by atoms with Gasteiger partial charge in [-0.05, 0) is 31.5 Å². The summed E-state index contributed by atoms with van der Waals surface area (Å²) in [6.45, 7) is 4.46. The summed E-state index contributed by atoms with van der Waals surface area (Å²) < 4.78 is 6.47. The largest absolute Gasteiger partial charge is 0.377 e. The van der Waals surface area contributed by atoms with Crippen LogP contribution in [0, 0.1) is 0 Å². The number of ether oxygens (including phenoxy) is 1. The number of benzene rings is 1. The van der Waals surface area contributed by atoms with Crippen molar-refractivity contribution in [1.29, 1.82) is 0 Å². The average Bonchev–Trinajstić information content (AvgIpc) is 2.21. The summed E-state index contributed by atoms with van der Waals surface area (Å²) in [6.07, 6.45) is 0.171. The summed E-state index contributed by atoms with van der Waals surface area (Å²) in [5.41, 5.74) is 3.65. The van der Waals surface area contributed by atoms with Crippen LogP contribution in [-0.4, -0.2) is 12.7 Å². The van der Waals surface area contributed by atoms with Crippen molar-refractivity contribution >= 4 is 27.5 Å². The van der Waals surface area contributed by atoms with Crippen molar-refractivity contribution < 1.29 is 4.74 Å². The van der Waals surface area contributed by atoms with E-state index in [4.69, 9.17) is 22.2 Å². The molecule has 1 unspecified atom stereocenters. The van der Waals surface area contributed by atoms with E-state index in [1.54, 1.807) is 0 Å². The zero-order chi connectivity index (χ0) is 12.1. The molecule has 5 heteroatoms. The van der Waals surface area contributed by atoms with Crippen LogP contribution in [0.15, 0.2) is 22.7 Å². The van der Waals surface area contributed by atoms with Crippen LogP contribution in [0.2, 0.25) is 5.02 Å². The molecule has 0 aromatic heterocycles. The Morgan fingerprint density at radius 2 is 2.19 bits per heavy atom. The highest BCUT2D eigenvalue weighted by atomic mass is 79.9. The normalized spacial score (nSPS) is 13.1. The van der Waals surface area contributed by atoms with Gasteiger partial charge in [-0.3, -0.25) is 11.3 Å². The predicted molar refractivity (Wildman–Crippen MR) is 70.3 cm³/mol. The Kier molecular flexibility index (Phi) is 5.72. The van der Waals surface area contributed by atoms with Crippen molar-refractivity contribution in [3.05, 3.63) is 33.3 Å². The topological polar surface area (TPSA) is 47.3 Å². The minimum atomic E-state index is -0.0944. The van der Waals surface area contributed by atoms with E-state index >= 15 is 0 Å². The van der Waals surface area contributed by atoms with E-state index < -0.39 is 0 Å². The van der Waals surface area contributed by atoms with E-state index in [-0.39, 0.29) is 12.1 Å². The van der Waals surface area contributed by atoms with Crippen LogP contribution in [-0.2, 0) is 4.74 Å². The van der Waals surface area contributed by atoms with Crippen molar-refractivity contribution in [3.8, 4) is 0 Å². The van der Waals surface area contributed by atoms with Gasteiger partial charge in [-0.25, -0.2) is 0 Å². The summed E-state index contributed by atoms with van der Waals surface area (Å²) in [5.74, 6) is 5.50. The SMILES string of the molecule is CC(C)OCC(NN)c1ccc(Br)cc1Cl. The molecule has 0 radical (unpaired) electrons. The first-order valence-electron chi connectivity index (χ1n) is 5.07. The quantitative estimate of drug-likeness (QED) is 0.649. The minimum Gasteiger partial charge on any atom is -0.377 e. The Labute approximate surface area is 109 Å². The van der Waals surface area contributed by atoms with E-state index in [0.717, 1.165) is 10.0 Å². The first-order chi connectivity index (χ1) is 7.54. The number of hydrogen-bond donors (Lipinski definition) is 2. The fraction of sp³-hybridized carbons (Fsp3) is 0.455. The molecular formula is C11H16BrClN2O. The number of halogens is 2. The molecule has 0 heterocycles. The molecule has 0 saturated heterocycles. The highest BCUT2D eigenvalue weighted by Gasteiger charge is 2.14. The van der Waals surface area contributed by atoms with E-state index in [9.17, 15) is 0 Å². The van der Waals surface area contributed by atoms with E-state index in [0.29, 0.717) is 11.6 Å². The molecule has 1 aromatic carbocycles. The maximum atomic E-state index is 6.14. The number of hydrazine groups is 1. The molecule has 1 atom stereocenters. The van der Waals surface area contributed by atoms with E-state index in [1.807, 2.05) is 32.0 Å². The second-order valence-electron chi connectivity index (χ2n) is 3.77. The van der Waals surface area contributed by atoms with Crippen molar-refractivity contribution in [2.24, 2.45) is 5.84 Å². The van der Waals surface area contributed by atoms with Gasteiger partial charge in [0.25, 0.3) is 0 Å². The highest BCUT2D eigenvalue weighted by Crippen LogP contribution is 2.26. The summed E-state index contributed by atoms with van der Waals surface area (Å²) >= 11 is 9.50. The van der Waals surface area contributed by atoms with Crippen LogP contribution in [0.5, 0.6) is 0 Å². The van der Waals surface area contributed by atoms with Gasteiger partial charge in [-0.2, -0.15) is 0 Å². The van der Waals surface area contributed by atoms with E-state index in [2.05, 4.69) is 21.4 Å². The molecule has 3 N–H and O–H groups in total. The molecule has 16 heavy (non-hydrogen) atoms. The third-order valence-corrected chi connectivity index (χ3v) is 2.96. The first kappa shape index (κ1) is 13.9. The van der Waals surface area contributed by atoms with Crippen molar-refractivity contribution in [2.45, 2.75) is 26.0 Å². The predicted octanol–water partition coefficient (Wildman–Crippen LogP) is 3.03. The highest BCUT2D eigenvalue weighted by molar-refractivity contribution is 9.10. The molecule has 3 nitrogen and oxygen atoms in total. The Balaban J connectivity index is 2.78. The lowest BCUT2D eigenvalue weighted by Crippen LogP contribution is -2.32. The molecule has 1 rings (SSSR count). The lowest BCUT2D eigenvalue weighted by atomic mass is 10.1. The maximum Gasteiger partial charge on any atom is 0.0708 e. The molecule has 0 amide bonds. The molecule has 0 aliphatic rings. The lowest BCUT2D eigenvalue weighted by Gasteiger charge is -2.19. The third kappa shape index (κ3) is 4.03. The lowest BCUT2D eigenvalue weighted by molar-refractivity contribution is 0.0611. The standard InChI is InChI=1S/C11H16BrClN2O/c1-7(2)16-6-11(15-14)9-4-3-8(12)5-10(9)13/h3-5,7,11,15H,6,14H2,1-2H3. The molecule has 0 spiro atoms. The molecule has 0 aliphatic heterocycles. The van der Waals surface area contributed by atoms with Gasteiger partial charge in [0.2, 0.25) is 0 Å². The molecule has 90 valence electrons.